The number of carbonyl (C=O) groups is 1. The van der Waals surface area contributed by atoms with Crippen molar-refractivity contribution in [2.75, 3.05) is 14.1 Å². The van der Waals surface area contributed by atoms with Crippen molar-refractivity contribution >= 4 is 16.8 Å². The second-order valence-corrected chi connectivity index (χ2v) is 4.02. The lowest BCUT2D eigenvalue weighted by atomic mass is 10.1. The molecule has 0 saturated heterocycles. The van der Waals surface area contributed by atoms with Gasteiger partial charge in [0.25, 0.3) is 5.56 Å². The lowest BCUT2D eigenvalue weighted by Gasteiger charge is -2.12. The third-order valence-corrected chi connectivity index (χ3v) is 2.55. The van der Waals surface area contributed by atoms with Crippen molar-refractivity contribution in [2.45, 2.75) is 6.92 Å². The maximum atomic E-state index is 12.1. The van der Waals surface area contributed by atoms with Gasteiger partial charge in [0.15, 0.2) is 0 Å². The molecule has 0 spiro atoms. The van der Waals surface area contributed by atoms with Crippen molar-refractivity contribution < 1.29 is 4.79 Å². The average molecular weight is 231 g/mol. The Labute approximate surface area is 98.3 Å². The first kappa shape index (κ1) is 11.3. The van der Waals surface area contributed by atoms with Crippen LogP contribution in [-0.2, 0) is 0 Å². The van der Waals surface area contributed by atoms with E-state index in [4.69, 9.17) is 0 Å². The Bertz CT molecular complexity index is 644. The minimum absolute atomic E-state index is 0.384. The summed E-state index contributed by atoms with van der Waals surface area (Å²) in [7, 11) is 3.17. The normalized spacial score (nSPS) is 10.5. The van der Waals surface area contributed by atoms with Crippen molar-refractivity contribution in [3.8, 4) is 0 Å². The van der Waals surface area contributed by atoms with Crippen molar-refractivity contribution in [2.24, 2.45) is 0 Å². The summed E-state index contributed by atoms with van der Waals surface area (Å²) in [5.41, 5.74) is 0.278. The molecule has 0 atom stereocenters. The predicted octanol–water partition coefficient (Wildman–Crippen LogP) is 1.23. The first-order valence-corrected chi connectivity index (χ1v) is 5.22. The zero-order chi connectivity index (χ0) is 12.6. The predicted molar refractivity (Wildman–Crippen MR) is 65.2 cm³/mol. The molecule has 1 heterocycles. The highest BCUT2D eigenvalue weighted by molar-refractivity contribution is 5.86. The number of aryl methyl sites for hydroxylation is 1. The molecule has 0 bridgehead atoms. The summed E-state index contributed by atoms with van der Waals surface area (Å²) in [6, 6.07) is 6.70. The third-order valence-electron chi connectivity index (χ3n) is 2.55. The van der Waals surface area contributed by atoms with E-state index in [9.17, 15) is 9.59 Å². The van der Waals surface area contributed by atoms with Gasteiger partial charge in [-0.1, -0.05) is 18.2 Å². The van der Waals surface area contributed by atoms with Gasteiger partial charge >= 0.3 is 6.03 Å². The lowest BCUT2D eigenvalue weighted by Crippen LogP contribution is -2.37. The van der Waals surface area contributed by atoms with Crippen molar-refractivity contribution in [3.63, 3.8) is 0 Å². The standard InChI is InChI=1S/C12H13N3O2/c1-8-9-6-4-5-7-10(9)11(16)15(13-8)12(17)14(2)3/h4-7H,1-3H3. The molecule has 0 aliphatic rings. The van der Waals surface area contributed by atoms with E-state index in [1.807, 2.05) is 12.1 Å². The summed E-state index contributed by atoms with van der Waals surface area (Å²) in [5, 5.41) is 5.32. The fraction of sp³-hybridized carbons (Fsp3) is 0.250. The minimum Gasteiger partial charge on any atom is -0.329 e. The van der Waals surface area contributed by atoms with Crippen LogP contribution in [0.3, 0.4) is 0 Å². The average Bonchev–Trinajstić information content (AvgIpc) is 2.33. The molecule has 5 heteroatoms. The van der Waals surface area contributed by atoms with E-state index in [0.29, 0.717) is 11.1 Å². The Balaban J connectivity index is 2.81. The Morgan fingerprint density at radius 3 is 2.41 bits per heavy atom. The molecule has 88 valence electrons. The topological polar surface area (TPSA) is 55.2 Å². The van der Waals surface area contributed by atoms with Crippen LogP contribution >= 0.6 is 0 Å². The number of benzene rings is 1. The van der Waals surface area contributed by atoms with Crippen molar-refractivity contribution in [1.29, 1.82) is 0 Å². The van der Waals surface area contributed by atoms with Crippen LogP contribution in [0.15, 0.2) is 29.1 Å². The summed E-state index contributed by atoms with van der Waals surface area (Å²) < 4.78 is 0.900. The molecule has 0 unspecified atom stereocenters. The number of rotatable bonds is 0. The minimum atomic E-state index is -0.441. The quantitative estimate of drug-likeness (QED) is 0.685. The van der Waals surface area contributed by atoms with Crippen LogP contribution in [0.1, 0.15) is 5.69 Å². The first-order valence-electron chi connectivity index (χ1n) is 5.22. The van der Waals surface area contributed by atoms with Gasteiger partial charge in [-0.05, 0) is 13.0 Å². The Morgan fingerprint density at radius 2 is 1.82 bits per heavy atom. The molecule has 0 fully saturated rings. The molecule has 0 radical (unpaired) electrons. The largest absolute Gasteiger partial charge is 0.347 e. The van der Waals surface area contributed by atoms with Gasteiger partial charge in [0.1, 0.15) is 0 Å². The SMILES string of the molecule is Cc1nn(C(=O)N(C)C)c(=O)c2ccccc12. The van der Waals surface area contributed by atoms with Gasteiger partial charge in [0.05, 0.1) is 11.1 Å². The molecule has 1 aromatic carbocycles. The number of hydrogen-bond donors (Lipinski definition) is 0. The molecule has 1 amide bonds. The summed E-state index contributed by atoms with van der Waals surface area (Å²) in [4.78, 5) is 25.2. The van der Waals surface area contributed by atoms with Gasteiger partial charge in [-0.3, -0.25) is 4.79 Å². The fourth-order valence-corrected chi connectivity index (χ4v) is 1.67. The second-order valence-electron chi connectivity index (χ2n) is 4.02. The van der Waals surface area contributed by atoms with Crippen molar-refractivity contribution in [1.82, 2.24) is 14.7 Å². The van der Waals surface area contributed by atoms with E-state index in [1.165, 1.54) is 4.90 Å². The van der Waals surface area contributed by atoms with E-state index in [2.05, 4.69) is 5.10 Å². The van der Waals surface area contributed by atoms with E-state index in [1.54, 1.807) is 33.2 Å². The number of aromatic nitrogens is 2. The summed E-state index contributed by atoms with van der Waals surface area (Å²) in [6.07, 6.45) is 0. The van der Waals surface area contributed by atoms with Gasteiger partial charge < -0.3 is 4.90 Å². The molecular formula is C12H13N3O2. The number of carbonyl (C=O) groups excluding carboxylic acids is 1. The molecule has 0 saturated carbocycles. The summed E-state index contributed by atoms with van der Waals surface area (Å²) >= 11 is 0. The van der Waals surface area contributed by atoms with E-state index >= 15 is 0 Å². The molecule has 2 aromatic rings. The molecule has 0 aliphatic heterocycles. The van der Waals surface area contributed by atoms with E-state index < -0.39 is 6.03 Å². The van der Waals surface area contributed by atoms with Gasteiger partial charge in [0.2, 0.25) is 0 Å². The van der Waals surface area contributed by atoms with Crippen LogP contribution in [0.4, 0.5) is 4.79 Å². The molecule has 17 heavy (non-hydrogen) atoms. The third kappa shape index (κ3) is 1.80. The van der Waals surface area contributed by atoms with Gasteiger partial charge in [-0.15, -0.1) is 4.68 Å². The van der Waals surface area contributed by atoms with Gasteiger partial charge in [0, 0.05) is 19.5 Å². The number of fused-ring (bicyclic) bond motifs is 1. The second kappa shape index (κ2) is 4.01. The van der Waals surface area contributed by atoms with E-state index in [-0.39, 0.29) is 5.56 Å². The Hall–Kier alpha value is -2.17. The zero-order valence-corrected chi connectivity index (χ0v) is 9.97. The molecule has 0 N–H and O–H groups in total. The number of amides is 1. The van der Waals surface area contributed by atoms with Gasteiger partial charge in [-0.25, -0.2) is 4.79 Å². The monoisotopic (exact) mass is 231 g/mol. The van der Waals surface area contributed by atoms with Crippen LogP contribution in [0.25, 0.3) is 10.8 Å². The molecule has 2 rings (SSSR count). The van der Waals surface area contributed by atoms with Crippen LogP contribution in [-0.4, -0.2) is 34.8 Å². The zero-order valence-electron chi connectivity index (χ0n) is 9.97. The molecule has 0 aliphatic carbocycles. The highest BCUT2D eigenvalue weighted by Gasteiger charge is 2.14. The number of nitrogens with zero attached hydrogens (tertiary/aromatic N) is 3. The number of hydrogen-bond acceptors (Lipinski definition) is 3. The summed E-state index contributed by atoms with van der Waals surface area (Å²) in [5.74, 6) is 0. The van der Waals surface area contributed by atoms with Gasteiger partial charge in [-0.2, -0.15) is 5.10 Å². The molecular weight excluding hydrogens is 218 g/mol. The molecule has 1 aromatic heterocycles. The maximum Gasteiger partial charge on any atom is 0.347 e. The van der Waals surface area contributed by atoms with Crippen LogP contribution < -0.4 is 5.56 Å². The smallest absolute Gasteiger partial charge is 0.329 e. The van der Waals surface area contributed by atoms with Crippen LogP contribution in [0.2, 0.25) is 0 Å². The highest BCUT2D eigenvalue weighted by atomic mass is 16.2. The lowest BCUT2D eigenvalue weighted by molar-refractivity contribution is 0.214. The summed E-state index contributed by atoms with van der Waals surface area (Å²) in [6.45, 7) is 1.78. The van der Waals surface area contributed by atoms with Crippen LogP contribution in [0.5, 0.6) is 0 Å². The highest BCUT2D eigenvalue weighted by Crippen LogP contribution is 2.11. The molecule has 5 nitrogen and oxygen atoms in total. The van der Waals surface area contributed by atoms with Crippen LogP contribution in [0, 0.1) is 6.92 Å². The fourth-order valence-electron chi connectivity index (χ4n) is 1.67. The first-order chi connectivity index (χ1) is 8.02. The van der Waals surface area contributed by atoms with E-state index in [0.717, 1.165) is 10.1 Å². The Morgan fingerprint density at radius 1 is 1.24 bits per heavy atom. The van der Waals surface area contributed by atoms with Crippen molar-refractivity contribution in [3.05, 3.63) is 40.3 Å². The Kier molecular flexibility index (Phi) is 2.67. The maximum absolute atomic E-state index is 12.1.